The van der Waals surface area contributed by atoms with Gasteiger partial charge in [0.1, 0.15) is 17.3 Å². The number of hydrogen-bond donors (Lipinski definition) is 1. The van der Waals surface area contributed by atoms with Crippen molar-refractivity contribution in [3.05, 3.63) is 64.7 Å². The number of aryl methyl sites for hydroxylation is 3. The van der Waals surface area contributed by atoms with Gasteiger partial charge in [0.05, 0.1) is 22.5 Å². The van der Waals surface area contributed by atoms with Crippen molar-refractivity contribution in [3.8, 4) is 5.69 Å². The lowest BCUT2D eigenvalue weighted by atomic mass is 10.2. The predicted molar refractivity (Wildman–Crippen MR) is 89.4 cm³/mol. The second-order valence-electron chi connectivity index (χ2n) is 5.91. The number of carbonyl (C=O) groups is 1. The third-order valence-electron chi connectivity index (χ3n) is 3.78. The van der Waals surface area contributed by atoms with E-state index in [1.54, 1.807) is 32.9 Å². The molecule has 0 unspecified atom stereocenters. The maximum atomic E-state index is 13.0. The Kier molecular flexibility index (Phi) is 4.35. The molecule has 0 saturated carbocycles. The van der Waals surface area contributed by atoms with Crippen molar-refractivity contribution < 1.29 is 22.4 Å². The van der Waals surface area contributed by atoms with E-state index in [2.05, 4.69) is 10.4 Å². The number of furan rings is 1. The molecule has 3 aromatic rings. The third kappa shape index (κ3) is 3.49. The maximum Gasteiger partial charge on any atom is 0.416 e. The van der Waals surface area contributed by atoms with E-state index >= 15 is 0 Å². The molecule has 0 spiro atoms. The van der Waals surface area contributed by atoms with E-state index in [9.17, 15) is 18.0 Å². The topological polar surface area (TPSA) is 60.1 Å². The number of benzene rings is 1. The molecule has 0 atom stereocenters. The van der Waals surface area contributed by atoms with Gasteiger partial charge >= 0.3 is 6.18 Å². The highest BCUT2D eigenvalue weighted by Crippen LogP contribution is 2.31. The van der Waals surface area contributed by atoms with E-state index in [0.29, 0.717) is 22.8 Å². The molecular formula is C18H16F3N3O2. The standard InChI is InChI=1S/C18H16F3N3O2/c1-10-7-16(22-17(25)15-8-11(2)26-12(15)3)24(23-10)14-6-4-5-13(9-14)18(19,20)21/h4-9H,1-3H3,(H,22,25). The average molecular weight is 363 g/mol. The summed E-state index contributed by atoms with van der Waals surface area (Å²) in [5, 5.41) is 6.87. The number of nitrogens with zero attached hydrogens (tertiary/aromatic N) is 2. The van der Waals surface area contributed by atoms with Crippen molar-refractivity contribution in [1.29, 1.82) is 0 Å². The number of rotatable bonds is 3. The highest BCUT2D eigenvalue weighted by Gasteiger charge is 2.30. The Morgan fingerprint density at radius 1 is 1.15 bits per heavy atom. The Hall–Kier alpha value is -3.03. The zero-order chi connectivity index (χ0) is 19.1. The normalized spacial score (nSPS) is 11.6. The summed E-state index contributed by atoms with van der Waals surface area (Å²) in [4.78, 5) is 12.5. The molecule has 5 nitrogen and oxygen atoms in total. The zero-order valence-electron chi connectivity index (χ0n) is 14.3. The molecule has 136 valence electrons. The van der Waals surface area contributed by atoms with Crippen molar-refractivity contribution in [2.75, 3.05) is 5.32 Å². The van der Waals surface area contributed by atoms with Gasteiger partial charge in [-0.05, 0) is 45.0 Å². The molecule has 2 aromatic heterocycles. The lowest BCUT2D eigenvalue weighted by Gasteiger charge is -2.11. The van der Waals surface area contributed by atoms with Crippen LogP contribution in [0.3, 0.4) is 0 Å². The number of alkyl halides is 3. The smallest absolute Gasteiger partial charge is 0.416 e. The molecule has 0 aliphatic carbocycles. The van der Waals surface area contributed by atoms with Crippen LogP contribution >= 0.6 is 0 Å². The molecule has 1 aromatic carbocycles. The van der Waals surface area contributed by atoms with Crippen molar-refractivity contribution >= 4 is 11.7 Å². The van der Waals surface area contributed by atoms with E-state index in [4.69, 9.17) is 4.42 Å². The van der Waals surface area contributed by atoms with Crippen LogP contribution in [0.1, 0.15) is 33.1 Å². The molecule has 0 radical (unpaired) electrons. The minimum absolute atomic E-state index is 0.198. The van der Waals surface area contributed by atoms with Crippen molar-refractivity contribution in [2.24, 2.45) is 0 Å². The molecular weight excluding hydrogens is 347 g/mol. The SMILES string of the molecule is Cc1cc(NC(=O)c2cc(C)oc2C)n(-c2cccc(C(F)(F)F)c2)n1. The Bertz CT molecular complexity index is 970. The van der Waals surface area contributed by atoms with Crippen LogP contribution in [-0.4, -0.2) is 15.7 Å². The summed E-state index contributed by atoms with van der Waals surface area (Å²) in [6, 6.07) is 7.93. The van der Waals surface area contributed by atoms with E-state index in [-0.39, 0.29) is 11.5 Å². The number of amides is 1. The Morgan fingerprint density at radius 2 is 1.88 bits per heavy atom. The van der Waals surface area contributed by atoms with Crippen LogP contribution in [0, 0.1) is 20.8 Å². The van der Waals surface area contributed by atoms with Gasteiger partial charge in [0.2, 0.25) is 0 Å². The number of hydrogen-bond acceptors (Lipinski definition) is 3. The summed E-state index contributed by atoms with van der Waals surface area (Å²) in [5.74, 6) is 0.898. The predicted octanol–water partition coefficient (Wildman–Crippen LogP) is 4.66. The molecule has 0 bridgehead atoms. The van der Waals surface area contributed by atoms with E-state index in [1.807, 2.05) is 0 Å². The number of halogens is 3. The van der Waals surface area contributed by atoms with Crippen molar-refractivity contribution in [2.45, 2.75) is 26.9 Å². The van der Waals surface area contributed by atoms with Crippen molar-refractivity contribution in [3.63, 3.8) is 0 Å². The number of anilines is 1. The van der Waals surface area contributed by atoms with Crippen LogP contribution in [0.5, 0.6) is 0 Å². The Morgan fingerprint density at radius 3 is 2.50 bits per heavy atom. The van der Waals surface area contributed by atoms with E-state index < -0.39 is 17.6 Å². The zero-order valence-corrected chi connectivity index (χ0v) is 14.3. The molecule has 0 fully saturated rings. The molecule has 0 aliphatic heterocycles. The quantitative estimate of drug-likeness (QED) is 0.736. The van der Waals surface area contributed by atoms with Gasteiger partial charge < -0.3 is 9.73 Å². The first-order chi connectivity index (χ1) is 12.1. The number of aromatic nitrogens is 2. The van der Waals surface area contributed by atoms with Gasteiger partial charge in [-0.2, -0.15) is 18.3 Å². The third-order valence-corrected chi connectivity index (χ3v) is 3.78. The molecule has 1 N–H and O–H groups in total. The first-order valence-corrected chi connectivity index (χ1v) is 7.78. The van der Waals surface area contributed by atoms with Gasteiger partial charge in [-0.1, -0.05) is 6.07 Å². The van der Waals surface area contributed by atoms with Gasteiger partial charge in [-0.15, -0.1) is 0 Å². The number of carbonyl (C=O) groups excluding carboxylic acids is 1. The van der Waals surface area contributed by atoms with Gasteiger partial charge in [0, 0.05) is 6.07 Å². The van der Waals surface area contributed by atoms with Crippen LogP contribution in [0.25, 0.3) is 5.69 Å². The van der Waals surface area contributed by atoms with Crippen LogP contribution in [0.15, 0.2) is 40.8 Å². The number of nitrogens with one attached hydrogen (secondary N) is 1. The Balaban J connectivity index is 1.97. The minimum atomic E-state index is -4.47. The van der Waals surface area contributed by atoms with Crippen LogP contribution in [-0.2, 0) is 6.18 Å². The highest BCUT2D eigenvalue weighted by atomic mass is 19.4. The fourth-order valence-electron chi connectivity index (χ4n) is 2.64. The van der Waals surface area contributed by atoms with Crippen molar-refractivity contribution in [1.82, 2.24) is 9.78 Å². The Labute approximate surface area is 147 Å². The first kappa shape index (κ1) is 17.8. The molecule has 26 heavy (non-hydrogen) atoms. The molecule has 0 saturated heterocycles. The van der Waals surface area contributed by atoms with E-state index in [1.165, 1.54) is 16.8 Å². The largest absolute Gasteiger partial charge is 0.466 e. The van der Waals surface area contributed by atoms with Crippen LogP contribution in [0.2, 0.25) is 0 Å². The van der Waals surface area contributed by atoms with Gasteiger partial charge in [-0.25, -0.2) is 4.68 Å². The molecule has 2 heterocycles. The van der Waals surface area contributed by atoms with Gasteiger partial charge in [0.25, 0.3) is 5.91 Å². The highest BCUT2D eigenvalue weighted by molar-refractivity contribution is 6.04. The average Bonchev–Trinajstić information content (AvgIpc) is 3.08. The minimum Gasteiger partial charge on any atom is -0.466 e. The second kappa shape index (κ2) is 6.36. The molecule has 0 aliphatic rings. The first-order valence-electron chi connectivity index (χ1n) is 7.78. The summed E-state index contributed by atoms with van der Waals surface area (Å²) in [5.41, 5.74) is 0.319. The summed E-state index contributed by atoms with van der Waals surface area (Å²) in [6.45, 7) is 5.07. The summed E-state index contributed by atoms with van der Waals surface area (Å²) < 4.78 is 45.5. The fourth-order valence-corrected chi connectivity index (χ4v) is 2.64. The lowest BCUT2D eigenvalue weighted by Crippen LogP contribution is -2.15. The molecule has 8 heteroatoms. The van der Waals surface area contributed by atoms with Crippen LogP contribution < -0.4 is 5.32 Å². The van der Waals surface area contributed by atoms with Crippen LogP contribution in [0.4, 0.5) is 19.0 Å². The fraction of sp³-hybridized carbons (Fsp3) is 0.222. The molecule has 3 rings (SSSR count). The molecule has 1 amide bonds. The second-order valence-corrected chi connectivity index (χ2v) is 5.91. The summed E-state index contributed by atoms with van der Waals surface area (Å²) in [6.07, 6.45) is -4.47. The lowest BCUT2D eigenvalue weighted by molar-refractivity contribution is -0.137. The van der Waals surface area contributed by atoms with E-state index in [0.717, 1.165) is 12.1 Å². The maximum absolute atomic E-state index is 13.0. The van der Waals surface area contributed by atoms with Gasteiger partial charge in [-0.3, -0.25) is 4.79 Å². The van der Waals surface area contributed by atoms with Gasteiger partial charge in [0.15, 0.2) is 0 Å². The monoisotopic (exact) mass is 363 g/mol. The summed E-state index contributed by atoms with van der Waals surface area (Å²) >= 11 is 0. The summed E-state index contributed by atoms with van der Waals surface area (Å²) in [7, 11) is 0.